The van der Waals surface area contributed by atoms with Crippen molar-refractivity contribution in [3.8, 4) is 78.6 Å². The summed E-state index contributed by atoms with van der Waals surface area (Å²) in [6.45, 7) is 20.7. The van der Waals surface area contributed by atoms with Crippen LogP contribution in [0.1, 0.15) is 106 Å². The average molecular weight is 866 g/mol. The van der Waals surface area contributed by atoms with E-state index in [2.05, 4.69) is 180 Å². The highest BCUT2D eigenvalue weighted by Crippen LogP contribution is 2.45. The van der Waals surface area contributed by atoms with Gasteiger partial charge in [0.05, 0.1) is 22.3 Å². The summed E-state index contributed by atoms with van der Waals surface area (Å²) in [5, 5.41) is 12.5. The van der Waals surface area contributed by atoms with Gasteiger partial charge in [-0.1, -0.05) is 178 Å². The number of hydrogen-bond donors (Lipinski definition) is 1. The van der Waals surface area contributed by atoms with Gasteiger partial charge < -0.3 is 5.11 Å². The largest absolute Gasteiger partial charge is 0.507 e. The van der Waals surface area contributed by atoms with Crippen molar-refractivity contribution >= 4 is 11.0 Å². The number of phenolic OH excluding ortho intramolecular Hbond substituents is 1. The average Bonchev–Trinajstić information content (AvgIpc) is 3.70. The Balaban J connectivity index is 1.31. The van der Waals surface area contributed by atoms with Gasteiger partial charge in [0.15, 0.2) is 0 Å². The van der Waals surface area contributed by atoms with Gasteiger partial charge in [0.2, 0.25) is 0 Å². The van der Waals surface area contributed by atoms with Crippen LogP contribution < -0.4 is 0 Å². The molecule has 0 unspecified atom stereocenters. The molecule has 330 valence electrons. The van der Waals surface area contributed by atoms with E-state index in [0.717, 1.165) is 94.7 Å². The first kappa shape index (κ1) is 41.7. The predicted octanol–water partition coefficient (Wildman–Crippen LogP) is 17.0. The molecule has 0 saturated carbocycles. The standard InChI is InChI=1S/C62H61N3O/c1-39(2)50-23-17-24-51(40(3)4)57(50)43-27-29-49(30-28-43)65-56-26-18-25-52(58(56)64-60(65)53-37-48(61(5,6)7)38-54(59(53)66)62(8,9)10)46-33-45(42-21-15-12-16-22-42)34-47(35-46)55-36-44(31-32-63-55)41-19-13-11-14-20-41/h11-40,66H,1-10H3/i39D,40D. The Hall–Kier alpha value is -7.04. The zero-order valence-corrected chi connectivity index (χ0v) is 40.0. The van der Waals surface area contributed by atoms with E-state index in [1.807, 2.05) is 64.2 Å². The molecular formula is C62H61N3O. The van der Waals surface area contributed by atoms with Crippen molar-refractivity contribution in [2.24, 2.45) is 0 Å². The minimum absolute atomic E-state index is 0.214. The van der Waals surface area contributed by atoms with Crippen LogP contribution in [0.15, 0.2) is 170 Å². The summed E-state index contributed by atoms with van der Waals surface area (Å²) in [5.41, 5.74) is 16.4. The maximum absolute atomic E-state index is 12.5. The van der Waals surface area contributed by atoms with Crippen LogP contribution in [0.5, 0.6) is 5.75 Å². The molecular weight excluding hydrogens is 803 g/mol. The lowest BCUT2D eigenvalue weighted by molar-refractivity contribution is 0.446. The van der Waals surface area contributed by atoms with Crippen LogP contribution in [0, 0.1) is 0 Å². The van der Waals surface area contributed by atoms with E-state index >= 15 is 0 Å². The summed E-state index contributed by atoms with van der Waals surface area (Å²) in [6.07, 6.45) is 1.89. The Morgan fingerprint density at radius 3 is 1.71 bits per heavy atom. The highest BCUT2D eigenvalue weighted by molar-refractivity contribution is 5.98. The number of hydrogen-bond acceptors (Lipinski definition) is 3. The van der Waals surface area contributed by atoms with Crippen molar-refractivity contribution in [3.05, 3.63) is 192 Å². The van der Waals surface area contributed by atoms with Crippen molar-refractivity contribution in [2.75, 3.05) is 0 Å². The third-order valence-corrected chi connectivity index (χ3v) is 12.8. The molecule has 0 bridgehead atoms. The number of benzene rings is 7. The normalized spacial score (nSPS) is 12.9. The SMILES string of the molecule is [2H]C(C)(C)c1cccc(C([2H])(C)C)c1-c1ccc(-n2c(-c3cc(C(C)(C)C)cc(C(C)(C)C)c3O)nc3c(-c4cc(-c5ccccc5)cc(-c5cc(-c6ccccc6)ccn5)c4)cccc32)cc1. The van der Waals surface area contributed by atoms with Crippen molar-refractivity contribution in [1.29, 1.82) is 0 Å². The van der Waals surface area contributed by atoms with Gasteiger partial charge in [-0.2, -0.15) is 0 Å². The quantitative estimate of drug-likeness (QED) is 0.157. The number of para-hydroxylation sites is 1. The molecule has 2 heterocycles. The highest BCUT2D eigenvalue weighted by Gasteiger charge is 2.29. The van der Waals surface area contributed by atoms with E-state index in [1.165, 1.54) is 0 Å². The number of imidazole rings is 1. The van der Waals surface area contributed by atoms with Crippen LogP contribution in [-0.4, -0.2) is 19.6 Å². The van der Waals surface area contributed by atoms with Gasteiger partial charge in [-0.25, -0.2) is 4.98 Å². The Morgan fingerprint density at radius 1 is 0.515 bits per heavy atom. The first-order valence-corrected chi connectivity index (χ1v) is 23.0. The van der Waals surface area contributed by atoms with E-state index in [9.17, 15) is 5.11 Å². The van der Waals surface area contributed by atoms with Gasteiger partial charge in [0.25, 0.3) is 0 Å². The zero-order chi connectivity index (χ0) is 48.3. The zero-order valence-electron chi connectivity index (χ0n) is 42.0. The lowest BCUT2D eigenvalue weighted by atomic mass is 9.79. The molecule has 9 rings (SSSR count). The number of aromatic hydroxyl groups is 1. The first-order valence-electron chi connectivity index (χ1n) is 24.0. The van der Waals surface area contributed by atoms with E-state index < -0.39 is 11.8 Å². The number of nitrogens with zero attached hydrogens (tertiary/aromatic N) is 3. The summed E-state index contributed by atoms with van der Waals surface area (Å²) in [4.78, 5) is 10.5. The van der Waals surface area contributed by atoms with Crippen LogP contribution in [0.3, 0.4) is 0 Å². The molecule has 0 amide bonds. The van der Waals surface area contributed by atoms with Gasteiger partial charge in [-0.3, -0.25) is 9.55 Å². The molecule has 0 aliphatic heterocycles. The van der Waals surface area contributed by atoms with Crippen molar-refractivity contribution < 1.29 is 7.85 Å². The number of fused-ring (bicyclic) bond motifs is 1. The Morgan fingerprint density at radius 2 is 1.11 bits per heavy atom. The number of rotatable bonds is 9. The van der Waals surface area contributed by atoms with Crippen molar-refractivity contribution in [3.63, 3.8) is 0 Å². The first-order chi connectivity index (χ1) is 32.2. The van der Waals surface area contributed by atoms with E-state index in [4.69, 9.17) is 12.7 Å². The predicted molar refractivity (Wildman–Crippen MR) is 279 cm³/mol. The van der Waals surface area contributed by atoms with E-state index in [0.29, 0.717) is 11.4 Å². The Kier molecular flexibility index (Phi) is 11.0. The molecule has 66 heavy (non-hydrogen) atoms. The van der Waals surface area contributed by atoms with Gasteiger partial charge in [0, 0.05) is 31.3 Å². The lowest BCUT2D eigenvalue weighted by Gasteiger charge is -2.27. The van der Waals surface area contributed by atoms with Crippen LogP contribution in [0.4, 0.5) is 0 Å². The van der Waals surface area contributed by atoms with Gasteiger partial charge in [0.1, 0.15) is 11.6 Å². The fourth-order valence-electron chi connectivity index (χ4n) is 9.18. The van der Waals surface area contributed by atoms with E-state index in [-0.39, 0.29) is 16.6 Å². The fourth-order valence-corrected chi connectivity index (χ4v) is 9.18. The summed E-state index contributed by atoms with van der Waals surface area (Å²) >= 11 is 0. The lowest BCUT2D eigenvalue weighted by Crippen LogP contribution is -2.17. The smallest absolute Gasteiger partial charge is 0.149 e. The van der Waals surface area contributed by atoms with Crippen LogP contribution in [0.2, 0.25) is 0 Å². The topological polar surface area (TPSA) is 50.9 Å². The second kappa shape index (κ2) is 17.4. The van der Waals surface area contributed by atoms with Gasteiger partial charge in [-0.15, -0.1) is 0 Å². The summed E-state index contributed by atoms with van der Waals surface area (Å²) < 4.78 is 20.5. The minimum atomic E-state index is -0.891. The second-order valence-corrected chi connectivity index (χ2v) is 20.1. The number of pyridine rings is 1. The molecule has 9 aromatic rings. The summed E-state index contributed by atoms with van der Waals surface area (Å²) in [7, 11) is 0. The van der Waals surface area contributed by atoms with Crippen molar-refractivity contribution in [1.82, 2.24) is 14.5 Å². The molecule has 0 atom stereocenters. The molecule has 7 aromatic carbocycles. The molecule has 1 N–H and O–H groups in total. The van der Waals surface area contributed by atoms with Crippen molar-refractivity contribution in [2.45, 2.75) is 91.9 Å². The highest BCUT2D eigenvalue weighted by atomic mass is 16.3. The Bertz CT molecular complexity index is 3270. The van der Waals surface area contributed by atoms with E-state index in [1.54, 1.807) is 0 Å². The van der Waals surface area contributed by atoms with Crippen LogP contribution in [-0.2, 0) is 10.8 Å². The number of phenols is 1. The minimum Gasteiger partial charge on any atom is -0.507 e. The maximum atomic E-state index is 12.5. The third kappa shape index (κ3) is 8.49. The molecule has 0 radical (unpaired) electrons. The third-order valence-electron chi connectivity index (χ3n) is 12.8. The molecule has 2 aromatic heterocycles. The molecule has 0 fully saturated rings. The summed E-state index contributed by atoms with van der Waals surface area (Å²) in [5.74, 6) is -0.936. The van der Waals surface area contributed by atoms with Crippen LogP contribution in [0.25, 0.3) is 83.9 Å². The molecule has 4 nitrogen and oxygen atoms in total. The molecule has 0 aliphatic rings. The summed E-state index contributed by atoms with van der Waals surface area (Å²) in [6, 6.07) is 56.8. The number of aromatic nitrogens is 3. The molecule has 0 spiro atoms. The molecule has 0 saturated heterocycles. The Labute approximate surface area is 394 Å². The fraction of sp³-hybridized carbons (Fsp3) is 0.226. The molecule has 0 aliphatic carbocycles. The monoisotopic (exact) mass is 865 g/mol. The van der Waals surface area contributed by atoms with Gasteiger partial charge >= 0.3 is 0 Å². The van der Waals surface area contributed by atoms with Gasteiger partial charge in [-0.05, 0) is 133 Å². The molecule has 4 heteroatoms. The maximum Gasteiger partial charge on any atom is 0.149 e. The van der Waals surface area contributed by atoms with Crippen LogP contribution >= 0.6 is 0 Å². The second-order valence-electron chi connectivity index (χ2n) is 20.1.